The molecule has 0 aliphatic carbocycles. The van der Waals surface area contributed by atoms with Crippen molar-refractivity contribution < 1.29 is 14.3 Å². The first-order chi connectivity index (χ1) is 14.1. The second-order valence-electron chi connectivity index (χ2n) is 10.1. The summed E-state index contributed by atoms with van der Waals surface area (Å²) >= 11 is 0. The van der Waals surface area contributed by atoms with E-state index in [9.17, 15) is 9.59 Å². The second kappa shape index (κ2) is 9.40. The summed E-state index contributed by atoms with van der Waals surface area (Å²) in [5.41, 5.74) is 1.33. The molecule has 1 aromatic rings. The van der Waals surface area contributed by atoms with Gasteiger partial charge in [-0.1, -0.05) is 39.8 Å². The number of ether oxygens (including phenoxy) is 1. The van der Waals surface area contributed by atoms with Crippen LogP contribution >= 0.6 is 0 Å². The molecule has 5 nitrogen and oxygen atoms in total. The third-order valence-corrected chi connectivity index (χ3v) is 6.63. The minimum Gasteiger partial charge on any atom is -0.481 e. The number of carbonyl (C=O) groups is 2. The maximum absolute atomic E-state index is 12.8. The molecule has 1 atom stereocenters. The van der Waals surface area contributed by atoms with Gasteiger partial charge in [0.1, 0.15) is 5.75 Å². The molecule has 1 unspecified atom stereocenters. The molecule has 0 N–H and O–H groups in total. The van der Waals surface area contributed by atoms with Gasteiger partial charge in [-0.05, 0) is 61.6 Å². The van der Waals surface area contributed by atoms with E-state index in [2.05, 4.69) is 39.8 Å². The van der Waals surface area contributed by atoms with Crippen molar-refractivity contribution in [1.82, 2.24) is 9.80 Å². The molecule has 0 spiro atoms. The lowest BCUT2D eigenvalue weighted by Crippen LogP contribution is -2.48. The van der Waals surface area contributed by atoms with Crippen LogP contribution in [0.25, 0.3) is 0 Å². The lowest BCUT2D eigenvalue weighted by Gasteiger charge is -2.37. The van der Waals surface area contributed by atoms with E-state index in [0.29, 0.717) is 18.8 Å². The van der Waals surface area contributed by atoms with Crippen LogP contribution in [0.5, 0.6) is 5.75 Å². The Morgan fingerprint density at radius 2 is 1.47 bits per heavy atom. The van der Waals surface area contributed by atoms with Crippen LogP contribution < -0.4 is 4.74 Å². The number of hydrogen-bond donors (Lipinski definition) is 0. The Balaban J connectivity index is 1.48. The van der Waals surface area contributed by atoms with Crippen molar-refractivity contribution in [1.29, 1.82) is 0 Å². The van der Waals surface area contributed by atoms with Crippen molar-refractivity contribution in [2.24, 2.45) is 11.8 Å². The molecule has 5 heteroatoms. The Kier molecular flexibility index (Phi) is 7.10. The molecular weight excluding hydrogens is 376 g/mol. The van der Waals surface area contributed by atoms with Gasteiger partial charge in [-0.2, -0.15) is 0 Å². The Labute approximate surface area is 181 Å². The quantitative estimate of drug-likeness (QED) is 0.740. The second-order valence-corrected chi connectivity index (χ2v) is 10.1. The number of benzene rings is 1. The van der Waals surface area contributed by atoms with Gasteiger partial charge >= 0.3 is 0 Å². The first kappa shape index (κ1) is 22.6. The van der Waals surface area contributed by atoms with Gasteiger partial charge in [0.05, 0.1) is 0 Å². The van der Waals surface area contributed by atoms with Crippen molar-refractivity contribution >= 4 is 11.8 Å². The predicted octanol–water partition coefficient (Wildman–Crippen LogP) is 4.25. The van der Waals surface area contributed by atoms with Crippen LogP contribution in [0, 0.1) is 11.8 Å². The zero-order valence-electron chi connectivity index (χ0n) is 19.3. The Morgan fingerprint density at radius 1 is 0.933 bits per heavy atom. The van der Waals surface area contributed by atoms with E-state index in [1.54, 1.807) is 0 Å². The molecule has 2 heterocycles. The maximum Gasteiger partial charge on any atom is 0.263 e. The number of piperidine rings is 2. The monoisotopic (exact) mass is 414 g/mol. The van der Waals surface area contributed by atoms with Gasteiger partial charge in [-0.25, -0.2) is 0 Å². The number of rotatable bonds is 4. The minimum absolute atomic E-state index is 0.00703. The topological polar surface area (TPSA) is 49.9 Å². The van der Waals surface area contributed by atoms with Crippen LogP contribution in [0.15, 0.2) is 24.3 Å². The smallest absolute Gasteiger partial charge is 0.263 e. The molecule has 3 rings (SSSR count). The van der Waals surface area contributed by atoms with E-state index in [1.807, 2.05) is 28.9 Å². The van der Waals surface area contributed by atoms with Crippen LogP contribution in [0.1, 0.15) is 65.9 Å². The van der Waals surface area contributed by atoms with E-state index < -0.39 is 6.10 Å². The summed E-state index contributed by atoms with van der Waals surface area (Å²) in [7, 11) is 0. The molecule has 2 aliphatic heterocycles. The van der Waals surface area contributed by atoms with E-state index in [0.717, 1.165) is 44.7 Å². The molecule has 2 aliphatic rings. The lowest BCUT2D eigenvalue weighted by molar-refractivity contribution is -0.144. The highest BCUT2D eigenvalue weighted by Gasteiger charge is 2.33. The van der Waals surface area contributed by atoms with E-state index in [1.165, 1.54) is 5.56 Å². The van der Waals surface area contributed by atoms with Gasteiger partial charge in [-0.15, -0.1) is 0 Å². The zero-order chi connectivity index (χ0) is 21.9. The summed E-state index contributed by atoms with van der Waals surface area (Å²) in [6, 6.07) is 8.00. The summed E-state index contributed by atoms with van der Waals surface area (Å²) in [5.74, 6) is 1.79. The largest absolute Gasteiger partial charge is 0.481 e. The Morgan fingerprint density at radius 3 is 2.00 bits per heavy atom. The fourth-order valence-corrected chi connectivity index (χ4v) is 4.38. The van der Waals surface area contributed by atoms with Crippen molar-refractivity contribution in [3.05, 3.63) is 29.8 Å². The van der Waals surface area contributed by atoms with E-state index in [4.69, 9.17) is 4.74 Å². The maximum atomic E-state index is 12.8. The Bertz CT molecular complexity index is 722. The molecule has 166 valence electrons. The van der Waals surface area contributed by atoms with Crippen LogP contribution in [0.2, 0.25) is 0 Å². The molecule has 0 aromatic heterocycles. The number of amides is 2. The molecule has 2 amide bonds. The highest BCUT2D eigenvalue weighted by Crippen LogP contribution is 2.26. The summed E-state index contributed by atoms with van der Waals surface area (Å²) < 4.78 is 5.91. The normalized spacial score (nSPS) is 20.2. The first-order valence-corrected chi connectivity index (χ1v) is 11.5. The first-order valence-electron chi connectivity index (χ1n) is 11.5. The summed E-state index contributed by atoms with van der Waals surface area (Å²) in [6.45, 7) is 13.6. The molecular formula is C25H38N2O3. The van der Waals surface area contributed by atoms with Crippen molar-refractivity contribution in [2.45, 2.75) is 71.8 Å². The van der Waals surface area contributed by atoms with Crippen LogP contribution in [0.3, 0.4) is 0 Å². The van der Waals surface area contributed by atoms with Gasteiger partial charge in [-0.3, -0.25) is 9.59 Å². The number of likely N-dealkylation sites (tertiary alicyclic amines) is 2. The van der Waals surface area contributed by atoms with Crippen molar-refractivity contribution in [3.63, 3.8) is 0 Å². The summed E-state index contributed by atoms with van der Waals surface area (Å²) in [5, 5.41) is 0. The van der Waals surface area contributed by atoms with Gasteiger partial charge in [0.2, 0.25) is 5.91 Å². The van der Waals surface area contributed by atoms with E-state index >= 15 is 0 Å². The average molecular weight is 415 g/mol. The van der Waals surface area contributed by atoms with Gasteiger partial charge < -0.3 is 14.5 Å². The highest BCUT2D eigenvalue weighted by molar-refractivity contribution is 5.82. The number of nitrogens with zero attached hydrogens (tertiary/aromatic N) is 2. The van der Waals surface area contributed by atoms with Crippen LogP contribution in [-0.2, 0) is 15.0 Å². The highest BCUT2D eigenvalue weighted by atomic mass is 16.5. The molecule has 1 aromatic carbocycles. The molecule has 0 radical (unpaired) electrons. The van der Waals surface area contributed by atoms with Crippen molar-refractivity contribution in [2.75, 3.05) is 26.2 Å². The molecule has 2 saturated heterocycles. The van der Waals surface area contributed by atoms with Gasteiger partial charge in [0.15, 0.2) is 6.10 Å². The molecule has 2 fully saturated rings. The third-order valence-electron chi connectivity index (χ3n) is 6.63. The molecule has 0 bridgehead atoms. The van der Waals surface area contributed by atoms with Crippen molar-refractivity contribution in [3.8, 4) is 5.75 Å². The van der Waals surface area contributed by atoms with E-state index in [-0.39, 0.29) is 23.1 Å². The van der Waals surface area contributed by atoms with Gasteiger partial charge in [0, 0.05) is 32.1 Å². The fourth-order valence-electron chi connectivity index (χ4n) is 4.38. The zero-order valence-corrected chi connectivity index (χ0v) is 19.3. The van der Waals surface area contributed by atoms with Crippen LogP contribution in [0.4, 0.5) is 0 Å². The standard InChI is InChI=1S/C25H38N2O3/c1-18-10-14-27(15-11-18)24(29)20-12-16-26(17-13-20)23(28)19(2)30-22-8-6-21(7-9-22)25(3,4)5/h6-9,18-20H,10-17H2,1-5H3. The van der Waals surface area contributed by atoms with Crippen LogP contribution in [-0.4, -0.2) is 53.9 Å². The molecule has 30 heavy (non-hydrogen) atoms. The summed E-state index contributed by atoms with van der Waals surface area (Å²) in [4.78, 5) is 29.5. The molecule has 0 saturated carbocycles. The Hall–Kier alpha value is -2.04. The lowest BCUT2D eigenvalue weighted by atomic mass is 9.87. The predicted molar refractivity (Wildman–Crippen MR) is 120 cm³/mol. The fraction of sp³-hybridized carbons (Fsp3) is 0.680. The number of carbonyl (C=O) groups excluding carboxylic acids is 2. The SMILES string of the molecule is CC1CCN(C(=O)C2CCN(C(=O)C(C)Oc3ccc(C(C)(C)C)cc3)CC2)CC1. The summed E-state index contributed by atoms with van der Waals surface area (Å²) in [6.07, 6.45) is 3.19. The number of hydrogen-bond acceptors (Lipinski definition) is 3. The average Bonchev–Trinajstić information content (AvgIpc) is 2.73. The third kappa shape index (κ3) is 5.55. The van der Waals surface area contributed by atoms with Gasteiger partial charge in [0.25, 0.3) is 5.91 Å². The minimum atomic E-state index is -0.527.